The highest BCUT2D eigenvalue weighted by molar-refractivity contribution is 5.06. The first kappa shape index (κ1) is 9.03. The third kappa shape index (κ3) is 5.17. The van der Waals surface area contributed by atoms with E-state index in [2.05, 4.69) is 13.8 Å². The highest BCUT2D eigenvalue weighted by atomic mass is 16.3. The molecule has 56 valence electrons. The monoisotopic (exact) mass is 139 g/mol. The smallest absolute Gasteiger partial charge is 0.103 e. The van der Waals surface area contributed by atoms with Gasteiger partial charge >= 0.3 is 0 Å². The van der Waals surface area contributed by atoms with Gasteiger partial charge in [-0.05, 0) is 12.3 Å². The molecule has 0 aromatic carbocycles. The summed E-state index contributed by atoms with van der Waals surface area (Å²) in [5.74, 6) is 0.769. The number of nitriles is 1. The molecule has 2 nitrogen and oxygen atoms in total. The van der Waals surface area contributed by atoms with Crippen molar-refractivity contribution in [2.45, 2.75) is 26.7 Å². The first-order chi connectivity index (χ1) is 4.66. The van der Waals surface area contributed by atoms with Gasteiger partial charge in [-0.2, -0.15) is 5.26 Å². The number of aliphatic hydroxyl groups is 1. The maximum Gasteiger partial charge on any atom is 0.103 e. The van der Waals surface area contributed by atoms with Crippen LogP contribution in [0, 0.1) is 17.2 Å². The van der Waals surface area contributed by atoms with Crippen LogP contribution in [0.5, 0.6) is 0 Å². The van der Waals surface area contributed by atoms with Crippen molar-refractivity contribution in [2.75, 3.05) is 0 Å². The fourth-order valence-corrected chi connectivity index (χ4v) is 0.583. The molecule has 0 heterocycles. The van der Waals surface area contributed by atoms with E-state index in [0.717, 1.165) is 6.42 Å². The Morgan fingerprint density at radius 1 is 1.70 bits per heavy atom. The van der Waals surface area contributed by atoms with Gasteiger partial charge in [0, 0.05) is 6.42 Å². The van der Waals surface area contributed by atoms with Crippen LogP contribution >= 0.6 is 0 Å². The summed E-state index contributed by atoms with van der Waals surface area (Å²) in [7, 11) is 0. The first-order valence-corrected chi connectivity index (χ1v) is 3.44. The molecule has 10 heavy (non-hydrogen) atoms. The van der Waals surface area contributed by atoms with Gasteiger partial charge in [-0.15, -0.1) is 0 Å². The first-order valence-electron chi connectivity index (χ1n) is 3.44. The lowest BCUT2D eigenvalue weighted by Crippen LogP contribution is -1.88. The molecule has 2 heteroatoms. The molecule has 0 aromatic heterocycles. The normalized spacial score (nSPS) is 11.6. The number of rotatable bonds is 3. The number of hydrogen-bond donors (Lipinski definition) is 1. The summed E-state index contributed by atoms with van der Waals surface area (Å²) in [6.07, 6.45) is 2.73. The van der Waals surface area contributed by atoms with E-state index in [-0.39, 0.29) is 5.76 Å². The van der Waals surface area contributed by atoms with Crippen molar-refractivity contribution in [3.63, 3.8) is 0 Å². The molecule has 0 aliphatic carbocycles. The van der Waals surface area contributed by atoms with E-state index in [1.165, 1.54) is 6.08 Å². The van der Waals surface area contributed by atoms with Crippen LogP contribution in [-0.4, -0.2) is 5.11 Å². The SMILES string of the molecule is CC(C)CC/C(O)=C\C#N. The number of nitrogens with zero attached hydrogens (tertiary/aromatic N) is 1. The van der Waals surface area contributed by atoms with Crippen LogP contribution in [0.15, 0.2) is 11.8 Å². The van der Waals surface area contributed by atoms with E-state index in [9.17, 15) is 0 Å². The van der Waals surface area contributed by atoms with Crippen LogP contribution in [0.3, 0.4) is 0 Å². The van der Waals surface area contributed by atoms with E-state index < -0.39 is 0 Å². The van der Waals surface area contributed by atoms with E-state index in [1.54, 1.807) is 6.07 Å². The Labute approximate surface area is 61.8 Å². The Bertz CT molecular complexity index is 153. The van der Waals surface area contributed by atoms with Crippen molar-refractivity contribution in [1.82, 2.24) is 0 Å². The number of allylic oxidation sites excluding steroid dienone is 2. The predicted octanol–water partition coefficient (Wildman–Crippen LogP) is 2.39. The van der Waals surface area contributed by atoms with Crippen molar-refractivity contribution >= 4 is 0 Å². The molecule has 0 rings (SSSR count). The highest BCUT2D eigenvalue weighted by Crippen LogP contribution is 2.08. The van der Waals surface area contributed by atoms with Crippen LogP contribution in [0.25, 0.3) is 0 Å². The van der Waals surface area contributed by atoms with Crippen molar-refractivity contribution in [1.29, 1.82) is 5.26 Å². The number of aliphatic hydroxyl groups excluding tert-OH is 1. The van der Waals surface area contributed by atoms with E-state index in [0.29, 0.717) is 12.3 Å². The summed E-state index contributed by atoms with van der Waals surface area (Å²) in [5.41, 5.74) is 0. The fraction of sp³-hybridized carbons (Fsp3) is 0.625. The molecule has 0 radical (unpaired) electrons. The van der Waals surface area contributed by atoms with Gasteiger partial charge in [-0.25, -0.2) is 0 Å². The maximum atomic E-state index is 8.94. The molecular weight excluding hydrogens is 126 g/mol. The molecule has 0 aliphatic rings. The molecule has 0 fully saturated rings. The van der Waals surface area contributed by atoms with Crippen molar-refractivity contribution in [2.24, 2.45) is 5.92 Å². The standard InChI is InChI=1S/C8H13NO/c1-7(2)3-4-8(10)5-6-9/h5,7,10H,3-4H2,1-2H3/b8-5+. The van der Waals surface area contributed by atoms with Crippen molar-refractivity contribution < 1.29 is 5.11 Å². The Balaban J connectivity index is 3.51. The molecule has 0 saturated carbocycles. The lowest BCUT2D eigenvalue weighted by atomic mass is 10.1. The molecule has 0 atom stereocenters. The highest BCUT2D eigenvalue weighted by Gasteiger charge is 1.96. The summed E-state index contributed by atoms with van der Waals surface area (Å²) in [4.78, 5) is 0. The second kappa shape index (κ2) is 4.87. The van der Waals surface area contributed by atoms with Gasteiger partial charge in [0.15, 0.2) is 0 Å². The second-order valence-electron chi connectivity index (χ2n) is 2.70. The molecule has 0 aromatic rings. The summed E-state index contributed by atoms with van der Waals surface area (Å²) in [6.45, 7) is 4.17. The van der Waals surface area contributed by atoms with E-state index in [4.69, 9.17) is 10.4 Å². The topological polar surface area (TPSA) is 44.0 Å². The summed E-state index contributed by atoms with van der Waals surface area (Å²) < 4.78 is 0. The summed E-state index contributed by atoms with van der Waals surface area (Å²) in [6, 6.07) is 1.78. The van der Waals surface area contributed by atoms with Gasteiger partial charge in [-0.3, -0.25) is 0 Å². The van der Waals surface area contributed by atoms with Gasteiger partial charge in [0.25, 0.3) is 0 Å². The lowest BCUT2D eigenvalue weighted by molar-refractivity contribution is 0.372. The van der Waals surface area contributed by atoms with Crippen LogP contribution in [0.4, 0.5) is 0 Å². The molecule has 0 unspecified atom stereocenters. The minimum Gasteiger partial charge on any atom is -0.512 e. The maximum absolute atomic E-state index is 8.94. The average molecular weight is 139 g/mol. The van der Waals surface area contributed by atoms with Gasteiger partial charge in [0.05, 0.1) is 12.1 Å². The Morgan fingerprint density at radius 3 is 2.70 bits per heavy atom. The van der Waals surface area contributed by atoms with Crippen LogP contribution in [0.1, 0.15) is 26.7 Å². The molecular formula is C8H13NO. The molecule has 0 bridgehead atoms. The van der Waals surface area contributed by atoms with Crippen molar-refractivity contribution in [3.05, 3.63) is 11.8 Å². The fourth-order valence-electron chi connectivity index (χ4n) is 0.583. The Morgan fingerprint density at radius 2 is 2.30 bits per heavy atom. The predicted molar refractivity (Wildman–Crippen MR) is 40.4 cm³/mol. The summed E-state index contributed by atoms with van der Waals surface area (Å²) >= 11 is 0. The van der Waals surface area contributed by atoms with Crippen molar-refractivity contribution in [3.8, 4) is 6.07 Å². The second-order valence-corrected chi connectivity index (χ2v) is 2.70. The zero-order chi connectivity index (χ0) is 7.98. The van der Waals surface area contributed by atoms with E-state index in [1.807, 2.05) is 0 Å². The van der Waals surface area contributed by atoms with Gasteiger partial charge in [0.2, 0.25) is 0 Å². The zero-order valence-electron chi connectivity index (χ0n) is 6.46. The third-order valence-corrected chi connectivity index (χ3v) is 1.21. The molecule has 0 amide bonds. The van der Waals surface area contributed by atoms with Gasteiger partial charge in [0.1, 0.15) is 5.76 Å². The van der Waals surface area contributed by atoms with Gasteiger partial charge < -0.3 is 5.11 Å². The quantitative estimate of drug-likeness (QED) is 0.482. The molecule has 1 N–H and O–H groups in total. The largest absolute Gasteiger partial charge is 0.512 e. The van der Waals surface area contributed by atoms with Crippen LogP contribution in [-0.2, 0) is 0 Å². The summed E-state index contributed by atoms with van der Waals surface area (Å²) in [5, 5.41) is 17.1. The molecule has 0 saturated heterocycles. The average Bonchev–Trinajstić information content (AvgIpc) is 1.85. The molecule has 0 aliphatic heterocycles. The Hall–Kier alpha value is -0.970. The third-order valence-electron chi connectivity index (χ3n) is 1.21. The van der Waals surface area contributed by atoms with Crippen LogP contribution in [0.2, 0.25) is 0 Å². The van der Waals surface area contributed by atoms with Crippen LogP contribution < -0.4 is 0 Å². The Kier molecular flexibility index (Phi) is 4.39. The minimum absolute atomic E-state index is 0.191. The lowest BCUT2D eigenvalue weighted by Gasteiger charge is -2.01. The number of hydrogen-bond acceptors (Lipinski definition) is 2. The van der Waals surface area contributed by atoms with E-state index >= 15 is 0 Å². The zero-order valence-corrected chi connectivity index (χ0v) is 6.46. The molecule has 0 spiro atoms. The van der Waals surface area contributed by atoms with Gasteiger partial charge in [-0.1, -0.05) is 13.8 Å². The minimum atomic E-state index is 0.191.